The first kappa shape index (κ1) is 15.8. The maximum absolute atomic E-state index is 15.1. The van der Waals surface area contributed by atoms with Gasteiger partial charge in [0.25, 0.3) is 0 Å². The topological polar surface area (TPSA) is 44.9 Å². The molecule has 1 fully saturated rings. The highest BCUT2D eigenvalue weighted by Crippen LogP contribution is 2.51. The molecule has 2 N–H and O–H groups in total. The Morgan fingerprint density at radius 2 is 2.00 bits per heavy atom. The van der Waals surface area contributed by atoms with Crippen molar-refractivity contribution in [2.24, 2.45) is 0 Å². The van der Waals surface area contributed by atoms with Gasteiger partial charge >= 0.3 is 6.18 Å². The van der Waals surface area contributed by atoms with Gasteiger partial charge in [-0.25, -0.2) is 4.39 Å². The summed E-state index contributed by atoms with van der Waals surface area (Å²) in [5, 5.41) is 2.31. The number of nitrogens with one attached hydrogen (secondary N) is 2. The Balaban J connectivity index is 2.20. The van der Waals surface area contributed by atoms with Crippen LogP contribution in [-0.2, 0) is 10.5 Å². The molecule has 0 spiro atoms. The number of aromatic nitrogens is 1. The van der Waals surface area contributed by atoms with Gasteiger partial charge in [0.15, 0.2) is 0 Å². The average molecular weight is 328 g/mol. The van der Waals surface area contributed by atoms with Crippen molar-refractivity contribution in [3.05, 3.63) is 35.5 Å². The number of amides is 1. The summed E-state index contributed by atoms with van der Waals surface area (Å²) < 4.78 is 55.5. The van der Waals surface area contributed by atoms with Gasteiger partial charge in [0.2, 0.25) is 11.6 Å². The van der Waals surface area contributed by atoms with E-state index in [1.54, 1.807) is 18.2 Å². The van der Waals surface area contributed by atoms with E-state index in [1.807, 2.05) is 0 Å². The zero-order chi connectivity index (χ0) is 16.8. The third-order valence-electron chi connectivity index (χ3n) is 4.31. The van der Waals surface area contributed by atoms with Crippen molar-refractivity contribution in [2.75, 3.05) is 7.05 Å². The molecular weight excluding hydrogens is 312 g/mol. The Labute approximate surface area is 130 Å². The van der Waals surface area contributed by atoms with E-state index in [0.29, 0.717) is 11.1 Å². The number of halogens is 4. The molecule has 0 radical (unpaired) electrons. The monoisotopic (exact) mass is 328 g/mol. The lowest BCUT2D eigenvalue weighted by molar-refractivity contribution is -0.236. The highest BCUT2D eigenvalue weighted by molar-refractivity contribution is 5.89. The van der Waals surface area contributed by atoms with Gasteiger partial charge in [-0.2, -0.15) is 13.2 Å². The Morgan fingerprint density at radius 3 is 2.57 bits per heavy atom. The summed E-state index contributed by atoms with van der Waals surface area (Å²) in [6.45, 7) is 0. The fourth-order valence-corrected chi connectivity index (χ4v) is 2.92. The molecule has 7 heteroatoms. The number of hydrogen-bond donors (Lipinski definition) is 2. The smallest absolute Gasteiger partial charge is 0.361 e. The molecule has 0 saturated heterocycles. The summed E-state index contributed by atoms with van der Waals surface area (Å²) in [5.74, 6) is -0.839. The maximum Gasteiger partial charge on any atom is 0.427 e. The number of H-pyrrole nitrogens is 1. The minimum atomic E-state index is -5.19. The molecule has 0 aliphatic heterocycles. The zero-order valence-corrected chi connectivity index (χ0v) is 12.4. The van der Waals surface area contributed by atoms with E-state index in [9.17, 15) is 18.0 Å². The van der Waals surface area contributed by atoms with Crippen molar-refractivity contribution in [1.82, 2.24) is 10.3 Å². The van der Waals surface area contributed by atoms with E-state index in [2.05, 4.69) is 10.3 Å². The molecule has 3 nitrogen and oxygen atoms in total. The standard InChI is InChI=1S/C16H16F4N2O/c1-21-13(23)7-15(17,16(18,19)20)11-8-22-12-4-2-3-10(14(11)12)9-5-6-9/h2-4,8-9,22H,5-7H2,1H3,(H,21,23). The van der Waals surface area contributed by atoms with Gasteiger partial charge < -0.3 is 10.3 Å². The van der Waals surface area contributed by atoms with Gasteiger partial charge in [-0.15, -0.1) is 0 Å². The van der Waals surface area contributed by atoms with E-state index in [4.69, 9.17) is 0 Å². The van der Waals surface area contributed by atoms with Crippen LogP contribution < -0.4 is 5.32 Å². The molecule has 1 amide bonds. The van der Waals surface area contributed by atoms with Crippen LogP contribution >= 0.6 is 0 Å². The van der Waals surface area contributed by atoms with Crippen molar-refractivity contribution in [3.8, 4) is 0 Å². The van der Waals surface area contributed by atoms with Gasteiger partial charge in [-0.05, 0) is 30.4 Å². The number of fused-ring (bicyclic) bond motifs is 1. The van der Waals surface area contributed by atoms with Gasteiger partial charge in [0, 0.05) is 29.7 Å². The zero-order valence-electron chi connectivity index (χ0n) is 12.4. The van der Waals surface area contributed by atoms with Crippen LogP contribution in [-0.4, -0.2) is 24.1 Å². The highest BCUT2D eigenvalue weighted by Gasteiger charge is 2.59. The molecule has 124 valence electrons. The van der Waals surface area contributed by atoms with Crippen LogP contribution in [0, 0.1) is 0 Å². The number of rotatable bonds is 4. The third-order valence-corrected chi connectivity index (χ3v) is 4.31. The number of carbonyl (C=O) groups is 1. The van der Waals surface area contributed by atoms with Crippen molar-refractivity contribution < 1.29 is 22.4 Å². The second-order valence-corrected chi connectivity index (χ2v) is 5.90. The number of carbonyl (C=O) groups excluding carboxylic acids is 1. The summed E-state index contributed by atoms with van der Waals surface area (Å²) in [6.07, 6.45) is -3.69. The van der Waals surface area contributed by atoms with E-state index < -0.39 is 29.7 Å². The lowest BCUT2D eigenvalue weighted by Crippen LogP contribution is -2.42. The van der Waals surface area contributed by atoms with E-state index in [-0.39, 0.29) is 11.3 Å². The quantitative estimate of drug-likeness (QED) is 0.821. The van der Waals surface area contributed by atoms with E-state index in [1.165, 1.54) is 7.05 Å². The second-order valence-electron chi connectivity index (χ2n) is 5.90. The van der Waals surface area contributed by atoms with Gasteiger partial charge in [0.05, 0.1) is 6.42 Å². The summed E-state index contributed by atoms with van der Waals surface area (Å²) in [5.41, 5.74) is -3.07. The van der Waals surface area contributed by atoms with E-state index in [0.717, 1.165) is 19.0 Å². The molecule has 1 unspecified atom stereocenters. The Hall–Kier alpha value is -2.05. The van der Waals surface area contributed by atoms with Crippen molar-refractivity contribution >= 4 is 16.8 Å². The normalized spacial score (nSPS) is 18.0. The van der Waals surface area contributed by atoms with Crippen LogP contribution in [0.5, 0.6) is 0 Å². The Kier molecular flexibility index (Phi) is 3.61. The molecule has 2 aromatic rings. The molecule has 23 heavy (non-hydrogen) atoms. The minimum Gasteiger partial charge on any atom is -0.361 e. The molecule has 1 heterocycles. The Bertz CT molecular complexity index is 748. The van der Waals surface area contributed by atoms with Crippen LogP contribution in [0.1, 0.15) is 36.3 Å². The first-order valence-corrected chi connectivity index (χ1v) is 7.34. The van der Waals surface area contributed by atoms with Crippen molar-refractivity contribution in [1.29, 1.82) is 0 Å². The molecule has 1 saturated carbocycles. The molecule has 1 aliphatic rings. The fourth-order valence-electron chi connectivity index (χ4n) is 2.92. The third kappa shape index (κ3) is 2.58. The van der Waals surface area contributed by atoms with Gasteiger partial charge in [0.1, 0.15) is 0 Å². The fraction of sp³-hybridized carbons (Fsp3) is 0.438. The number of alkyl halides is 4. The second kappa shape index (κ2) is 5.25. The molecule has 3 rings (SSSR count). The molecule has 1 aromatic carbocycles. The van der Waals surface area contributed by atoms with Crippen LogP contribution in [0.25, 0.3) is 10.9 Å². The van der Waals surface area contributed by atoms with Crippen molar-refractivity contribution in [3.63, 3.8) is 0 Å². The number of hydrogen-bond acceptors (Lipinski definition) is 1. The van der Waals surface area contributed by atoms with Crippen LogP contribution in [0.2, 0.25) is 0 Å². The molecule has 1 aliphatic carbocycles. The largest absolute Gasteiger partial charge is 0.427 e. The van der Waals surface area contributed by atoms with Crippen LogP contribution in [0.3, 0.4) is 0 Å². The molecule has 1 aromatic heterocycles. The predicted octanol–water partition coefficient (Wildman–Crippen LogP) is 3.91. The number of aromatic amines is 1. The maximum atomic E-state index is 15.1. The molecule has 0 bridgehead atoms. The summed E-state index contributed by atoms with van der Waals surface area (Å²) in [6, 6.07) is 5.08. The van der Waals surface area contributed by atoms with Crippen LogP contribution in [0.15, 0.2) is 24.4 Å². The minimum absolute atomic E-state index is 0.158. The Morgan fingerprint density at radius 1 is 1.30 bits per heavy atom. The van der Waals surface area contributed by atoms with Gasteiger partial charge in [-0.1, -0.05) is 12.1 Å². The predicted molar refractivity (Wildman–Crippen MR) is 77.8 cm³/mol. The lowest BCUT2D eigenvalue weighted by Gasteiger charge is -2.27. The lowest BCUT2D eigenvalue weighted by atomic mass is 9.88. The summed E-state index contributed by atoms with van der Waals surface area (Å²) in [4.78, 5) is 14.2. The summed E-state index contributed by atoms with van der Waals surface area (Å²) in [7, 11) is 1.18. The number of benzene rings is 1. The highest BCUT2D eigenvalue weighted by atomic mass is 19.4. The van der Waals surface area contributed by atoms with Gasteiger partial charge in [-0.3, -0.25) is 4.79 Å². The van der Waals surface area contributed by atoms with Crippen LogP contribution in [0.4, 0.5) is 17.6 Å². The first-order valence-electron chi connectivity index (χ1n) is 7.34. The molecule has 1 atom stereocenters. The summed E-state index contributed by atoms with van der Waals surface area (Å²) >= 11 is 0. The molecular formula is C16H16F4N2O. The first-order chi connectivity index (χ1) is 10.8. The van der Waals surface area contributed by atoms with E-state index >= 15 is 4.39 Å². The average Bonchev–Trinajstić information content (AvgIpc) is 3.23. The van der Waals surface area contributed by atoms with Crippen molar-refractivity contribution in [2.45, 2.75) is 37.0 Å². The SMILES string of the molecule is CNC(=O)CC(F)(c1c[nH]c2cccc(C3CC3)c12)C(F)(F)F.